The van der Waals surface area contributed by atoms with Crippen LogP contribution in [0.1, 0.15) is 43.7 Å². The van der Waals surface area contributed by atoms with Crippen molar-refractivity contribution in [3.05, 3.63) is 53.9 Å². The van der Waals surface area contributed by atoms with Gasteiger partial charge in [-0.3, -0.25) is 9.48 Å². The van der Waals surface area contributed by atoms with Crippen LogP contribution in [0.2, 0.25) is 0 Å². The molecule has 1 N–H and O–H groups in total. The first-order valence-corrected chi connectivity index (χ1v) is 12.9. The van der Waals surface area contributed by atoms with E-state index in [2.05, 4.69) is 27.2 Å². The number of rotatable bonds is 4. The zero-order valence-corrected chi connectivity index (χ0v) is 23.3. The van der Waals surface area contributed by atoms with Crippen molar-refractivity contribution in [1.29, 1.82) is 0 Å². The predicted octanol–water partition coefficient (Wildman–Crippen LogP) is 4.61. The van der Waals surface area contributed by atoms with Gasteiger partial charge in [-0.15, -0.1) is 0 Å². The Bertz CT molecular complexity index is 1590. The predicted molar refractivity (Wildman–Crippen MR) is 148 cm³/mol. The SMILES string of the molecule is Cc1cn2cc(NC(=O)c3ccc(N4C[C@@H](C)[C@H](N(C)C(=O)OC(C)(C)C)C4)c4cn(C)nc34)cc(F)c2n1. The van der Waals surface area contributed by atoms with Crippen molar-refractivity contribution in [3.63, 3.8) is 0 Å². The summed E-state index contributed by atoms with van der Waals surface area (Å²) in [5, 5.41) is 8.20. The summed E-state index contributed by atoms with van der Waals surface area (Å²) in [5.74, 6) is -0.708. The molecule has 1 aromatic carbocycles. The van der Waals surface area contributed by atoms with E-state index in [0.29, 0.717) is 29.0 Å². The van der Waals surface area contributed by atoms with Gasteiger partial charge >= 0.3 is 6.09 Å². The normalized spacial score (nSPS) is 17.7. The second-order valence-corrected chi connectivity index (χ2v) is 11.4. The highest BCUT2D eigenvalue weighted by atomic mass is 19.1. The van der Waals surface area contributed by atoms with Crippen LogP contribution in [0.25, 0.3) is 16.6 Å². The third-order valence-electron chi connectivity index (χ3n) is 6.99. The molecular weight excluding hydrogens is 501 g/mol. The standard InChI is InChI=1S/C28H34FN7O3/c1-16-11-35(15-23(16)34(7)27(38)39-28(3,4)5)22-9-8-19(24-20(22)14-33(6)32-24)26(37)31-18-10-21(29)25-30-17(2)12-36(25)13-18/h8-10,12-14,16,23H,11,15H2,1-7H3,(H,31,37)/t16-,23-/m1/s1. The Morgan fingerprint density at radius 2 is 1.92 bits per heavy atom. The monoisotopic (exact) mass is 535 g/mol. The minimum absolute atomic E-state index is 0.0360. The quantitative estimate of drug-likeness (QED) is 0.410. The summed E-state index contributed by atoms with van der Waals surface area (Å²) in [6, 6.07) is 4.87. The Kier molecular flexibility index (Phi) is 6.48. The molecule has 5 rings (SSSR count). The van der Waals surface area contributed by atoms with Gasteiger partial charge in [0.05, 0.1) is 23.0 Å². The average Bonchev–Trinajstić information content (AvgIpc) is 3.52. The summed E-state index contributed by atoms with van der Waals surface area (Å²) in [4.78, 5) is 34.1. The molecule has 1 aliphatic rings. The van der Waals surface area contributed by atoms with E-state index in [0.717, 1.165) is 17.6 Å². The van der Waals surface area contributed by atoms with Crippen LogP contribution >= 0.6 is 0 Å². The number of amides is 2. The minimum Gasteiger partial charge on any atom is -0.444 e. The number of hydrogen-bond acceptors (Lipinski definition) is 6. The molecule has 0 radical (unpaired) electrons. The summed E-state index contributed by atoms with van der Waals surface area (Å²) in [6.45, 7) is 10.8. The summed E-state index contributed by atoms with van der Waals surface area (Å²) >= 11 is 0. The van der Waals surface area contributed by atoms with Gasteiger partial charge in [0.1, 0.15) is 11.1 Å². The van der Waals surface area contributed by atoms with Gasteiger partial charge in [0.25, 0.3) is 5.91 Å². The van der Waals surface area contributed by atoms with Gasteiger partial charge in [0.15, 0.2) is 11.5 Å². The number of hydrogen-bond donors (Lipinski definition) is 1. The summed E-state index contributed by atoms with van der Waals surface area (Å²) in [6.07, 6.45) is 4.87. The average molecular weight is 536 g/mol. The van der Waals surface area contributed by atoms with Crippen LogP contribution in [0, 0.1) is 18.7 Å². The zero-order chi connectivity index (χ0) is 28.2. The van der Waals surface area contributed by atoms with E-state index >= 15 is 0 Å². The number of aryl methyl sites for hydroxylation is 2. The van der Waals surface area contributed by atoms with Crippen LogP contribution in [-0.2, 0) is 11.8 Å². The van der Waals surface area contributed by atoms with Crippen LogP contribution in [0.3, 0.4) is 0 Å². The number of fused-ring (bicyclic) bond motifs is 2. The molecule has 0 aliphatic carbocycles. The number of aromatic nitrogens is 4. The highest BCUT2D eigenvalue weighted by Gasteiger charge is 2.37. The molecule has 0 saturated carbocycles. The van der Waals surface area contributed by atoms with Gasteiger partial charge in [-0.25, -0.2) is 14.2 Å². The van der Waals surface area contributed by atoms with Gasteiger partial charge in [0, 0.05) is 62.9 Å². The van der Waals surface area contributed by atoms with E-state index in [-0.39, 0.29) is 23.7 Å². The molecular formula is C28H34FN7O3. The molecule has 11 heteroatoms. The van der Waals surface area contributed by atoms with Crippen molar-refractivity contribution in [3.8, 4) is 0 Å². The maximum absolute atomic E-state index is 14.6. The van der Waals surface area contributed by atoms with Gasteiger partial charge in [-0.2, -0.15) is 5.10 Å². The largest absolute Gasteiger partial charge is 0.444 e. The van der Waals surface area contributed by atoms with Gasteiger partial charge in [0.2, 0.25) is 0 Å². The first-order valence-electron chi connectivity index (χ1n) is 12.9. The van der Waals surface area contributed by atoms with E-state index in [9.17, 15) is 14.0 Å². The number of anilines is 2. The summed E-state index contributed by atoms with van der Waals surface area (Å²) in [7, 11) is 3.58. The third kappa shape index (κ3) is 5.13. The van der Waals surface area contributed by atoms with Crippen molar-refractivity contribution >= 4 is 39.9 Å². The molecule has 4 heterocycles. The molecule has 206 valence electrons. The van der Waals surface area contributed by atoms with E-state index in [4.69, 9.17) is 4.74 Å². The number of imidazole rings is 1. The van der Waals surface area contributed by atoms with Crippen molar-refractivity contribution in [2.45, 2.75) is 46.3 Å². The Balaban J connectivity index is 1.40. The molecule has 1 fully saturated rings. The van der Waals surface area contributed by atoms with E-state index in [1.807, 2.05) is 40.1 Å². The number of ether oxygens (including phenoxy) is 1. The number of nitrogens with zero attached hydrogens (tertiary/aromatic N) is 6. The number of halogens is 1. The van der Waals surface area contributed by atoms with Gasteiger partial charge in [-0.1, -0.05) is 6.92 Å². The van der Waals surface area contributed by atoms with E-state index < -0.39 is 17.3 Å². The number of likely N-dealkylation sites (N-methyl/N-ethyl adjacent to an activating group) is 1. The smallest absolute Gasteiger partial charge is 0.410 e. The summed E-state index contributed by atoms with van der Waals surface area (Å²) < 4.78 is 23.4. The number of carbonyl (C=O) groups is 2. The van der Waals surface area contributed by atoms with Crippen molar-refractivity contribution in [2.24, 2.45) is 13.0 Å². The molecule has 0 bridgehead atoms. The second-order valence-electron chi connectivity index (χ2n) is 11.4. The second kappa shape index (κ2) is 9.55. The lowest BCUT2D eigenvalue weighted by molar-refractivity contribution is 0.0208. The fraction of sp³-hybridized carbons (Fsp3) is 0.429. The molecule has 39 heavy (non-hydrogen) atoms. The Morgan fingerprint density at radius 3 is 2.64 bits per heavy atom. The summed E-state index contributed by atoms with van der Waals surface area (Å²) in [5.41, 5.74) is 2.49. The number of benzene rings is 1. The first kappa shape index (κ1) is 26.5. The lowest BCUT2D eigenvalue weighted by atomic mass is 10.1. The lowest BCUT2D eigenvalue weighted by Crippen LogP contribution is -2.44. The molecule has 1 aliphatic heterocycles. The molecule has 2 atom stereocenters. The van der Waals surface area contributed by atoms with Crippen LogP contribution in [0.15, 0.2) is 36.8 Å². The molecule has 1 saturated heterocycles. The van der Waals surface area contributed by atoms with E-state index in [1.165, 1.54) is 6.07 Å². The first-order chi connectivity index (χ1) is 18.3. The maximum atomic E-state index is 14.6. The third-order valence-corrected chi connectivity index (χ3v) is 6.99. The topological polar surface area (TPSA) is 97.0 Å². The molecule has 0 unspecified atom stereocenters. The lowest BCUT2D eigenvalue weighted by Gasteiger charge is -2.30. The Morgan fingerprint density at radius 1 is 1.18 bits per heavy atom. The fourth-order valence-corrected chi connectivity index (χ4v) is 5.23. The number of nitrogens with one attached hydrogen (secondary N) is 1. The molecule has 3 aromatic heterocycles. The maximum Gasteiger partial charge on any atom is 0.410 e. The van der Waals surface area contributed by atoms with Crippen molar-refractivity contribution in [1.82, 2.24) is 24.1 Å². The van der Waals surface area contributed by atoms with Crippen LogP contribution < -0.4 is 10.2 Å². The van der Waals surface area contributed by atoms with Crippen LogP contribution in [-0.4, -0.2) is 67.8 Å². The highest BCUT2D eigenvalue weighted by Crippen LogP contribution is 2.34. The Labute approximate surface area is 226 Å². The van der Waals surface area contributed by atoms with Crippen molar-refractivity contribution in [2.75, 3.05) is 30.4 Å². The molecule has 10 nitrogen and oxygen atoms in total. The fourth-order valence-electron chi connectivity index (χ4n) is 5.23. The van der Waals surface area contributed by atoms with Crippen molar-refractivity contribution < 1.29 is 18.7 Å². The van der Waals surface area contributed by atoms with Gasteiger partial charge in [-0.05, 0) is 45.7 Å². The van der Waals surface area contributed by atoms with Crippen LogP contribution in [0.4, 0.5) is 20.6 Å². The number of carbonyl (C=O) groups excluding carboxylic acids is 2. The minimum atomic E-state index is -0.569. The number of pyridine rings is 1. The Hall–Kier alpha value is -4.15. The van der Waals surface area contributed by atoms with E-state index in [1.54, 1.807) is 46.4 Å². The zero-order valence-electron chi connectivity index (χ0n) is 23.3. The van der Waals surface area contributed by atoms with Crippen LogP contribution in [0.5, 0.6) is 0 Å². The molecule has 2 amide bonds. The molecule has 0 spiro atoms. The highest BCUT2D eigenvalue weighted by molar-refractivity contribution is 6.14. The molecule has 4 aromatic rings. The van der Waals surface area contributed by atoms with Gasteiger partial charge < -0.3 is 24.3 Å².